The van der Waals surface area contributed by atoms with Crippen molar-refractivity contribution in [1.29, 1.82) is 0 Å². The van der Waals surface area contributed by atoms with Crippen LogP contribution in [-0.4, -0.2) is 24.0 Å². The molecule has 1 aliphatic rings. The SMILES string of the molecule is CC(C)=CCN1Cc2c(Cl)ccc(N)c2NC[C@@H]1C. The van der Waals surface area contributed by atoms with E-state index in [4.69, 9.17) is 17.3 Å². The molecule has 2 rings (SSSR count). The van der Waals surface area contributed by atoms with Gasteiger partial charge in [-0.1, -0.05) is 23.3 Å². The highest BCUT2D eigenvalue weighted by Crippen LogP contribution is 2.33. The molecule has 0 saturated heterocycles. The maximum Gasteiger partial charge on any atom is 0.0635 e. The molecule has 0 radical (unpaired) electrons. The van der Waals surface area contributed by atoms with Crippen LogP contribution in [0.1, 0.15) is 26.3 Å². The van der Waals surface area contributed by atoms with Crippen molar-refractivity contribution in [2.24, 2.45) is 0 Å². The summed E-state index contributed by atoms with van der Waals surface area (Å²) in [6, 6.07) is 4.19. The zero-order valence-corrected chi connectivity index (χ0v) is 12.6. The van der Waals surface area contributed by atoms with Crippen molar-refractivity contribution in [3.63, 3.8) is 0 Å². The van der Waals surface area contributed by atoms with Crippen LogP contribution in [0.5, 0.6) is 0 Å². The van der Waals surface area contributed by atoms with E-state index in [1.807, 2.05) is 12.1 Å². The molecule has 3 nitrogen and oxygen atoms in total. The van der Waals surface area contributed by atoms with Gasteiger partial charge in [0.25, 0.3) is 0 Å². The molecule has 1 aliphatic heterocycles. The summed E-state index contributed by atoms with van der Waals surface area (Å²) in [5.41, 5.74) is 10.3. The van der Waals surface area contributed by atoms with Crippen molar-refractivity contribution in [3.8, 4) is 0 Å². The highest BCUT2D eigenvalue weighted by atomic mass is 35.5. The summed E-state index contributed by atoms with van der Waals surface area (Å²) in [5.74, 6) is 0. The number of fused-ring (bicyclic) bond motifs is 1. The number of hydrogen-bond acceptors (Lipinski definition) is 3. The van der Waals surface area contributed by atoms with Gasteiger partial charge in [-0.2, -0.15) is 0 Å². The van der Waals surface area contributed by atoms with E-state index in [0.29, 0.717) is 6.04 Å². The number of rotatable bonds is 2. The third kappa shape index (κ3) is 3.23. The quantitative estimate of drug-likeness (QED) is 0.643. The van der Waals surface area contributed by atoms with Gasteiger partial charge in [-0.15, -0.1) is 0 Å². The molecule has 3 N–H and O–H groups in total. The Morgan fingerprint density at radius 1 is 1.53 bits per heavy atom. The van der Waals surface area contributed by atoms with E-state index in [-0.39, 0.29) is 0 Å². The van der Waals surface area contributed by atoms with Crippen molar-refractivity contribution < 1.29 is 0 Å². The van der Waals surface area contributed by atoms with Crippen molar-refractivity contribution in [2.45, 2.75) is 33.4 Å². The second kappa shape index (κ2) is 5.85. The lowest BCUT2D eigenvalue weighted by molar-refractivity contribution is 0.236. The zero-order valence-electron chi connectivity index (χ0n) is 11.8. The fourth-order valence-electron chi connectivity index (χ4n) is 2.29. The average molecular weight is 280 g/mol. The number of allylic oxidation sites excluding steroid dienone is 1. The van der Waals surface area contributed by atoms with Crippen molar-refractivity contribution in [2.75, 3.05) is 24.1 Å². The molecule has 0 fully saturated rings. The van der Waals surface area contributed by atoms with Crippen LogP contribution in [0.25, 0.3) is 0 Å². The number of nitrogens with zero attached hydrogens (tertiary/aromatic N) is 1. The molecule has 104 valence electrons. The first-order valence-electron chi connectivity index (χ1n) is 6.67. The second-order valence-electron chi connectivity index (χ2n) is 5.43. The van der Waals surface area contributed by atoms with Crippen molar-refractivity contribution in [1.82, 2.24) is 4.90 Å². The maximum absolute atomic E-state index is 6.32. The van der Waals surface area contributed by atoms with Gasteiger partial charge in [0.15, 0.2) is 0 Å². The molecule has 1 aromatic carbocycles. The van der Waals surface area contributed by atoms with Crippen LogP contribution in [0, 0.1) is 0 Å². The fourth-order valence-corrected chi connectivity index (χ4v) is 2.50. The minimum Gasteiger partial charge on any atom is -0.397 e. The molecular formula is C15H22ClN3. The number of hydrogen-bond donors (Lipinski definition) is 2. The third-order valence-electron chi connectivity index (χ3n) is 3.58. The summed E-state index contributed by atoms with van der Waals surface area (Å²) >= 11 is 6.32. The molecule has 0 amide bonds. The number of nitrogens with one attached hydrogen (secondary N) is 1. The van der Waals surface area contributed by atoms with Gasteiger partial charge in [-0.3, -0.25) is 4.90 Å². The van der Waals surface area contributed by atoms with E-state index in [9.17, 15) is 0 Å². The normalized spacial score (nSPS) is 19.3. The molecule has 0 aromatic heterocycles. The van der Waals surface area contributed by atoms with Crippen LogP contribution >= 0.6 is 11.6 Å². The highest BCUT2D eigenvalue weighted by molar-refractivity contribution is 6.32. The Balaban J connectivity index is 2.30. The number of nitrogen functional groups attached to an aromatic ring is 1. The van der Waals surface area contributed by atoms with Crippen LogP contribution in [0.3, 0.4) is 0 Å². The van der Waals surface area contributed by atoms with E-state index in [1.54, 1.807) is 0 Å². The fraction of sp³-hybridized carbons (Fsp3) is 0.467. The van der Waals surface area contributed by atoms with E-state index >= 15 is 0 Å². The Hall–Kier alpha value is -1.19. The average Bonchev–Trinajstić information content (AvgIpc) is 2.52. The van der Waals surface area contributed by atoms with Crippen LogP contribution in [0.2, 0.25) is 5.02 Å². The summed E-state index contributed by atoms with van der Waals surface area (Å²) in [4.78, 5) is 2.41. The Morgan fingerprint density at radius 3 is 2.95 bits per heavy atom. The van der Waals surface area contributed by atoms with Gasteiger partial charge in [0, 0.05) is 36.3 Å². The van der Waals surface area contributed by atoms with Gasteiger partial charge in [0.05, 0.1) is 11.4 Å². The zero-order chi connectivity index (χ0) is 14.0. The van der Waals surface area contributed by atoms with Gasteiger partial charge in [0.2, 0.25) is 0 Å². The van der Waals surface area contributed by atoms with Gasteiger partial charge in [0.1, 0.15) is 0 Å². The van der Waals surface area contributed by atoms with Crippen LogP contribution in [-0.2, 0) is 6.54 Å². The van der Waals surface area contributed by atoms with E-state index in [2.05, 4.69) is 37.1 Å². The third-order valence-corrected chi connectivity index (χ3v) is 3.93. The monoisotopic (exact) mass is 279 g/mol. The summed E-state index contributed by atoms with van der Waals surface area (Å²) in [6.45, 7) is 9.13. The molecule has 0 aliphatic carbocycles. The number of benzene rings is 1. The molecule has 0 spiro atoms. The Morgan fingerprint density at radius 2 is 2.26 bits per heavy atom. The molecule has 4 heteroatoms. The maximum atomic E-state index is 6.32. The molecule has 0 saturated carbocycles. The topological polar surface area (TPSA) is 41.3 Å². The predicted molar refractivity (Wildman–Crippen MR) is 83.7 cm³/mol. The first kappa shape index (κ1) is 14.2. The van der Waals surface area contributed by atoms with Crippen LogP contribution in [0.15, 0.2) is 23.8 Å². The molecule has 1 heterocycles. The molecule has 1 atom stereocenters. The standard InChI is InChI=1S/C15H22ClN3/c1-10(2)6-7-19-9-12-13(16)4-5-14(17)15(12)18-8-11(19)3/h4-6,11,18H,7-9,17H2,1-3H3/t11-/m0/s1. The van der Waals surface area contributed by atoms with Crippen molar-refractivity contribution >= 4 is 23.0 Å². The van der Waals surface area contributed by atoms with Gasteiger partial charge < -0.3 is 11.1 Å². The number of anilines is 2. The van der Waals surface area contributed by atoms with Crippen molar-refractivity contribution in [3.05, 3.63) is 34.4 Å². The molecular weight excluding hydrogens is 258 g/mol. The summed E-state index contributed by atoms with van der Waals surface area (Å²) in [5, 5.41) is 4.21. The minimum absolute atomic E-state index is 0.443. The minimum atomic E-state index is 0.443. The first-order valence-corrected chi connectivity index (χ1v) is 7.05. The lowest BCUT2D eigenvalue weighted by Crippen LogP contribution is -2.35. The first-order chi connectivity index (χ1) is 8.99. The Kier molecular flexibility index (Phi) is 4.38. The summed E-state index contributed by atoms with van der Waals surface area (Å²) < 4.78 is 0. The predicted octanol–water partition coefficient (Wildman–Crippen LogP) is 3.50. The summed E-state index contributed by atoms with van der Waals surface area (Å²) in [7, 11) is 0. The van der Waals surface area contributed by atoms with Crippen LogP contribution < -0.4 is 11.1 Å². The van der Waals surface area contributed by atoms with E-state index in [1.165, 1.54) is 5.57 Å². The van der Waals surface area contributed by atoms with Gasteiger partial charge >= 0.3 is 0 Å². The lowest BCUT2D eigenvalue weighted by atomic mass is 10.1. The largest absolute Gasteiger partial charge is 0.397 e. The Bertz CT molecular complexity index is 492. The lowest BCUT2D eigenvalue weighted by Gasteiger charge is -2.25. The number of halogens is 1. The second-order valence-corrected chi connectivity index (χ2v) is 5.84. The van der Waals surface area contributed by atoms with E-state index in [0.717, 1.165) is 41.6 Å². The molecule has 1 aromatic rings. The van der Waals surface area contributed by atoms with Crippen LogP contribution in [0.4, 0.5) is 11.4 Å². The van der Waals surface area contributed by atoms with Gasteiger partial charge in [-0.05, 0) is 32.9 Å². The molecule has 19 heavy (non-hydrogen) atoms. The molecule has 0 unspecified atom stereocenters. The van der Waals surface area contributed by atoms with E-state index < -0.39 is 0 Å². The Labute approximate surface area is 120 Å². The smallest absolute Gasteiger partial charge is 0.0635 e. The molecule has 0 bridgehead atoms. The van der Waals surface area contributed by atoms with Gasteiger partial charge in [-0.25, -0.2) is 0 Å². The number of nitrogens with two attached hydrogens (primary N) is 1. The highest BCUT2D eigenvalue weighted by Gasteiger charge is 2.22. The summed E-state index contributed by atoms with van der Waals surface area (Å²) in [6.07, 6.45) is 2.25.